The number of benzene rings is 1. The molecule has 0 spiro atoms. The Bertz CT molecular complexity index is 2070. The largest absolute Gasteiger partial charge is 0.494 e. The number of pyridine rings is 1. The third kappa shape index (κ3) is 8.83. The number of anilines is 1. The lowest BCUT2D eigenvalue weighted by atomic mass is 9.88. The first-order valence-corrected chi connectivity index (χ1v) is 21.4. The number of ether oxygens (including phenoxy) is 3. The summed E-state index contributed by atoms with van der Waals surface area (Å²) < 4.78 is 58.4. The third-order valence-corrected chi connectivity index (χ3v) is 13.9. The van der Waals surface area contributed by atoms with Crippen molar-refractivity contribution in [3.8, 4) is 11.6 Å². The highest BCUT2D eigenvalue weighted by atomic mass is 32.2. The van der Waals surface area contributed by atoms with Gasteiger partial charge in [0.2, 0.25) is 27.7 Å². The Balaban J connectivity index is 1.36. The molecular weight excluding hydrogens is 772 g/mol. The summed E-state index contributed by atoms with van der Waals surface area (Å²) in [6.07, 6.45) is 5.85. The van der Waals surface area contributed by atoms with Crippen LogP contribution in [0, 0.1) is 17.8 Å². The Morgan fingerprint density at radius 3 is 2.48 bits per heavy atom. The summed E-state index contributed by atoms with van der Waals surface area (Å²) >= 11 is 0. The van der Waals surface area contributed by atoms with Crippen molar-refractivity contribution in [2.24, 2.45) is 17.8 Å². The average molecular weight is 829 g/mol. The number of rotatable bonds is 9. The molecule has 2 aliphatic carbocycles. The number of sulfonamides is 1. The number of amides is 4. The fourth-order valence-corrected chi connectivity index (χ4v) is 9.48. The molecule has 0 bridgehead atoms. The minimum absolute atomic E-state index is 0.0199. The minimum atomic E-state index is -4.39. The average Bonchev–Trinajstić information content (AvgIpc) is 4.05. The molecule has 0 unspecified atom stereocenters. The van der Waals surface area contributed by atoms with E-state index in [2.05, 4.69) is 27.3 Å². The first-order chi connectivity index (χ1) is 27.2. The lowest BCUT2D eigenvalue weighted by Crippen LogP contribution is -2.59. The Morgan fingerprint density at radius 2 is 1.84 bits per heavy atom. The second-order valence-electron chi connectivity index (χ2n) is 17.7. The van der Waals surface area contributed by atoms with E-state index in [9.17, 15) is 32.0 Å². The van der Waals surface area contributed by atoms with Crippen molar-refractivity contribution in [2.45, 2.75) is 114 Å². The zero-order valence-corrected chi connectivity index (χ0v) is 35.4. The van der Waals surface area contributed by atoms with Gasteiger partial charge in [-0.05, 0) is 89.3 Å². The number of halogens is 1. The van der Waals surface area contributed by atoms with E-state index in [1.807, 2.05) is 56.3 Å². The van der Waals surface area contributed by atoms with Crippen LogP contribution in [0.5, 0.6) is 11.6 Å². The Morgan fingerprint density at radius 1 is 1.12 bits per heavy atom. The summed E-state index contributed by atoms with van der Waals surface area (Å²) in [5.74, 6) is -2.25. The molecule has 2 aromatic rings. The minimum Gasteiger partial charge on any atom is -0.494 e. The molecule has 2 aliphatic heterocycles. The van der Waals surface area contributed by atoms with Crippen LogP contribution in [0.25, 0.3) is 10.8 Å². The number of alkyl carbamates (subject to hydrolysis) is 1. The zero-order chi connectivity index (χ0) is 42.4. The number of aromatic nitrogens is 1. The van der Waals surface area contributed by atoms with Crippen LogP contribution in [0.1, 0.15) is 79.6 Å². The van der Waals surface area contributed by atoms with Gasteiger partial charge in [0.15, 0.2) is 0 Å². The van der Waals surface area contributed by atoms with Crippen LogP contribution in [0.2, 0.25) is 0 Å². The smallest absolute Gasteiger partial charge is 0.408 e. The first kappa shape index (κ1) is 42.9. The summed E-state index contributed by atoms with van der Waals surface area (Å²) in [7, 11) is 0.986. The summed E-state index contributed by atoms with van der Waals surface area (Å²) in [4.78, 5) is 64.5. The highest BCUT2D eigenvalue weighted by Gasteiger charge is 2.64. The van der Waals surface area contributed by atoms with Gasteiger partial charge in [0.1, 0.15) is 46.5 Å². The lowest BCUT2D eigenvalue weighted by Gasteiger charge is -2.33. The summed E-state index contributed by atoms with van der Waals surface area (Å²) in [6, 6.07) is 3.41. The molecule has 17 heteroatoms. The molecule has 1 aromatic carbocycles. The van der Waals surface area contributed by atoms with Gasteiger partial charge in [0.25, 0.3) is 5.91 Å². The van der Waals surface area contributed by atoms with Crippen LogP contribution in [0.4, 0.5) is 14.9 Å². The molecule has 6 rings (SSSR count). The predicted molar refractivity (Wildman–Crippen MR) is 216 cm³/mol. The third-order valence-electron chi connectivity index (χ3n) is 11.8. The van der Waals surface area contributed by atoms with Gasteiger partial charge in [-0.25, -0.2) is 22.6 Å². The highest BCUT2D eigenvalue weighted by molar-refractivity contribution is 7.91. The molecule has 3 heterocycles. The molecule has 4 amide bonds. The number of nitrogens with zero attached hydrogens (tertiary/aromatic N) is 3. The van der Waals surface area contributed by atoms with Gasteiger partial charge in [-0.1, -0.05) is 26.0 Å². The standard InChI is InChI=1S/C41H57FN6O9S/c1-24-11-9-10-12-26-20-41(26,37(51)46-58(53,54)40(23-42)15-16-40)45-34(49)31-19-28(22-48(31)36(50)33(25(2)17-24)44-38(52)57-39(3,4)5)56-35-29-14-13-27(47(6)7)18-30(29)32(55-8)21-43-35/h10,12-14,18,21,24-26,28,31,33H,9,11,15-17,19-20,22-23H2,1-8H3,(H,44,52)(H,45,49)(H,46,51)/b12-10-/t24-,25+,26+,28+,31-,33-,41+/m0/s1. The molecule has 1 saturated heterocycles. The van der Waals surface area contributed by atoms with Crippen LogP contribution >= 0.6 is 0 Å². The van der Waals surface area contributed by atoms with Crippen molar-refractivity contribution in [2.75, 3.05) is 39.3 Å². The van der Waals surface area contributed by atoms with E-state index in [1.54, 1.807) is 34.1 Å². The van der Waals surface area contributed by atoms with Crippen molar-refractivity contribution in [3.63, 3.8) is 0 Å². The van der Waals surface area contributed by atoms with E-state index < -0.39 is 80.5 Å². The van der Waals surface area contributed by atoms with Gasteiger partial charge < -0.3 is 34.6 Å². The van der Waals surface area contributed by atoms with Crippen molar-refractivity contribution in [1.29, 1.82) is 0 Å². The molecular formula is C41H57FN6O9S. The van der Waals surface area contributed by atoms with E-state index in [0.717, 1.165) is 17.5 Å². The molecule has 4 aliphatic rings. The number of alkyl halides is 1. The van der Waals surface area contributed by atoms with Crippen LogP contribution < -0.4 is 29.7 Å². The second kappa shape index (κ2) is 16.2. The molecule has 0 radical (unpaired) electrons. The van der Waals surface area contributed by atoms with E-state index >= 15 is 0 Å². The zero-order valence-electron chi connectivity index (χ0n) is 34.6. The molecule has 7 atom stereocenters. The van der Waals surface area contributed by atoms with Crippen molar-refractivity contribution < 1.29 is 46.2 Å². The van der Waals surface area contributed by atoms with Crippen LogP contribution in [0.3, 0.4) is 0 Å². The maximum Gasteiger partial charge on any atom is 0.408 e. The van der Waals surface area contributed by atoms with Gasteiger partial charge in [-0.2, -0.15) is 0 Å². The first-order valence-electron chi connectivity index (χ1n) is 19.9. The van der Waals surface area contributed by atoms with E-state index in [-0.39, 0.29) is 49.9 Å². The van der Waals surface area contributed by atoms with Crippen LogP contribution in [0.15, 0.2) is 36.5 Å². The SMILES string of the molecule is COc1cnc(O[C@@H]2C[C@H]3C(=O)N[C@]4(C(=O)NS(=O)(=O)C5(CF)CC5)C[C@H]4/C=C\CC[C@H](C)C[C@@H](C)[C@H](NC(=O)OC(C)(C)C)C(=O)N3C2)c2ccc(N(C)C)cc12. The normalized spacial score (nSPS) is 29.1. The Hall–Kier alpha value is -4.67. The van der Waals surface area contributed by atoms with Crippen LogP contribution in [-0.2, 0) is 29.1 Å². The fourth-order valence-electron chi connectivity index (χ4n) is 8.06. The van der Waals surface area contributed by atoms with Crippen molar-refractivity contribution in [1.82, 2.24) is 25.2 Å². The molecule has 318 valence electrons. The van der Waals surface area contributed by atoms with E-state index in [1.165, 1.54) is 4.90 Å². The van der Waals surface area contributed by atoms with Gasteiger partial charge in [-0.15, -0.1) is 0 Å². The predicted octanol–water partition coefficient (Wildman–Crippen LogP) is 4.39. The van der Waals surface area contributed by atoms with E-state index in [0.29, 0.717) is 24.0 Å². The fraction of sp³-hybridized carbons (Fsp3) is 0.634. The number of hydrogen-bond donors (Lipinski definition) is 3. The van der Waals surface area contributed by atoms with Crippen LogP contribution in [-0.4, -0.2) is 111 Å². The number of methoxy groups -OCH3 is 1. The number of allylic oxidation sites excluding steroid dienone is 1. The van der Waals surface area contributed by atoms with Gasteiger partial charge in [0.05, 0.1) is 19.9 Å². The summed E-state index contributed by atoms with van der Waals surface area (Å²) in [5.41, 5.74) is -1.59. The molecule has 58 heavy (non-hydrogen) atoms. The highest BCUT2D eigenvalue weighted by Crippen LogP contribution is 2.48. The van der Waals surface area contributed by atoms with E-state index in [4.69, 9.17) is 14.2 Å². The molecule has 15 nitrogen and oxygen atoms in total. The number of carbonyl (C=O) groups excluding carboxylic acids is 4. The second-order valence-corrected chi connectivity index (χ2v) is 19.8. The number of hydrogen-bond acceptors (Lipinski definition) is 11. The van der Waals surface area contributed by atoms with Crippen molar-refractivity contribution >= 4 is 50.3 Å². The Kier molecular flexibility index (Phi) is 12.0. The van der Waals surface area contributed by atoms with Gasteiger partial charge in [0, 0.05) is 42.9 Å². The monoisotopic (exact) mass is 828 g/mol. The molecule has 2 saturated carbocycles. The quantitative estimate of drug-likeness (QED) is 0.305. The maximum atomic E-state index is 14.8. The lowest BCUT2D eigenvalue weighted by molar-refractivity contribution is -0.142. The summed E-state index contributed by atoms with van der Waals surface area (Å²) in [6.45, 7) is 7.87. The molecule has 3 fully saturated rings. The van der Waals surface area contributed by atoms with Gasteiger partial charge in [-0.3, -0.25) is 19.1 Å². The maximum absolute atomic E-state index is 14.8. The molecule has 1 aromatic heterocycles. The van der Waals surface area contributed by atoms with Gasteiger partial charge >= 0.3 is 6.09 Å². The summed E-state index contributed by atoms with van der Waals surface area (Å²) in [5, 5.41) is 7.01. The van der Waals surface area contributed by atoms with Crippen molar-refractivity contribution in [3.05, 3.63) is 36.5 Å². The number of fused-ring (bicyclic) bond motifs is 3. The Labute approximate surface area is 339 Å². The molecule has 3 N–H and O–H groups in total. The number of carbonyl (C=O) groups is 4. The topological polar surface area (TPSA) is 186 Å². The number of nitrogens with one attached hydrogen (secondary N) is 3.